The standard InChI is InChI=1S/C24H23N3O4/c1-25-24(29)22-15-27(20-9-5-6-10-21(20)31-22)16-23(28)26-17-11-13-19(14-12-17)30-18-7-3-2-4-8-18/h2-14,22H,15-16H2,1H3,(H,25,29)(H,26,28)/t22-/m0/s1. The normalized spacial score (nSPS) is 14.7. The Hall–Kier alpha value is -4.00. The molecule has 1 aliphatic heterocycles. The highest BCUT2D eigenvalue weighted by Gasteiger charge is 2.30. The number of hydrogen-bond donors (Lipinski definition) is 2. The maximum absolute atomic E-state index is 12.7. The first-order valence-corrected chi connectivity index (χ1v) is 9.97. The Labute approximate surface area is 180 Å². The van der Waals surface area contributed by atoms with Crippen molar-refractivity contribution in [2.75, 3.05) is 30.4 Å². The number of para-hydroxylation sites is 3. The third-order valence-corrected chi connectivity index (χ3v) is 4.85. The summed E-state index contributed by atoms with van der Waals surface area (Å²) in [7, 11) is 1.56. The average molecular weight is 417 g/mol. The molecule has 4 rings (SSSR count). The van der Waals surface area contributed by atoms with Crippen LogP contribution in [0.1, 0.15) is 0 Å². The third-order valence-electron chi connectivity index (χ3n) is 4.85. The van der Waals surface area contributed by atoms with E-state index in [9.17, 15) is 9.59 Å². The summed E-state index contributed by atoms with van der Waals surface area (Å²) < 4.78 is 11.5. The fourth-order valence-corrected chi connectivity index (χ4v) is 3.36. The van der Waals surface area contributed by atoms with Crippen molar-refractivity contribution >= 4 is 23.2 Å². The number of benzene rings is 3. The summed E-state index contributed by atoms with van der Waals surface area (Å²) in [6, 6.07) is 24.0. The monoisotopic (exact) mass is 417 g/mol. The van der Waals surface area contributed by atoms with E-state index in [1.54, 1.807) is 37.4 Å². The van der Waals surface area contributed by atoms with E-state index in [-0.39, 0.29) is 24.9 Å². The molecular weight excluding hydrogens is 394 g/mol. The molecule has 0 spiro atoms. The van der Waals surface area contributed by atoms with Crippen molar-refractivity contribution in [2.45, 2.75) is 6.10 Å². The van der Waals surface area contributed by atoms with Crippen LogP contribution in [-0.2, 0) is 9.59 Å². The average Bonchev–Trinajstić information content (AvgIpc) is 2.80. The smallest absolute Gasteiger partial charge is 0.262 e. The van der Waals surface area contributed by atoms with Gasteiger partial charge in [-0.05, 0) is 48.5 Å². The van der Waals surface area contributed by atoms with Crippen LogP contribution < -0.4 is 25.0 Å². The third kappa shape index (κ3) is 4.95. The van der Waals surface area contributed by atoms with Crippen LogP contribution in [0.15, 0.2) is 78.9 Å². The van der Waals surface area contributed by atoms with Crippen LogP contribution in [-0.4, -0.2) is 38.1 Å². The van der Waals surface area contributed by atoms with Crippen LogP contribution in [0.2, 0.25) is 0 Å². The first-order valence-electron chi connectivity index (χ1n) is 9.97. The SMILES string of the molecule is CNC(=O)[C@@H]1CN(CC(=O)Nc2ccc(Oc3ccccc3)cc2)c2ccccc2O1. The molecule has 7 nitrogen and oxygen atoms in total. The highest BCUT2D eigenvalue weighted by Crippen LogP contribution is 2.33. The highest BCUT2D eigenvalue weighted by molar-refractivity contribution is 5.95. The molecule has 0 bridgehead atoms. The maximum atomic E-state index is 12.7. The summed E-state index contributed by atoms with van der Waals surface area (Å²) in [6.07, 6.45) is -0.679. The Balaban J connectivity index is 1.40. The first kappa shape index (κ1) is 20.3. The molecule has 1 atom stereocenters. The van der Waals surface area contributed by atoms with Crippen LogP contribution in [0.5, 0.6) is 17.2 Å². The molecule has 0 unspecified atom stereocenters. The molecule has 0 aromatic heterocycles. The predicted molar refractivity (Wildman–Crippen MR) is 119 cm³/mol. The fraction of sp³-hybridized carbons (Fsp3) is 0.167. The van der Waals surface area contributed by atoms with Gasteiger partial charge in [-0.3, -0.25) is 9.59 Å². The fourth-order valence-electron chi connectivity index (χ4n) is 3.36. The number of anilines is 2. The molecule has 0 radical (unpaired) electrons. The quantitative estimate of drug-likeness (QED) is 0.642. The number of fused-ring (bicyclic) bond motifs is 1. The molecule has 31 heavy (non-hydrogen) atoms. The van der Waals surface area contributed by atoms with Gasteiger partial charge < -0.3 is 25.0 Å². The van der Waals surface area contributed by atoms with Crippen molar-refractivity contribution < 1.29 is 19.1 Å². The van der Waals surface area contributed by atoms with E-state index in [4.69, 9.17) is 9.47 Å². The van der Waals surface area contributed by atoms with Crippen molar-refractivity contribution in [1.82, 2.24) is 5.32 Å². The minimum Gasteiger partial charge on any atom is -0.477 e. The van der Waals surface area contributed by atoms with Gasteiger partial charge in [-0.2, -0.15) is 0 Å². The summed E-state index contributed by atoms with van der Waals surface area (Å²) in [5, 5.41) is 5.49. The van der Waals surface area contributed by atoms with Gasteiger partial charge in [-0.15, -0.1) is 0 Å². The lowest BCUT2D eigenvalue weighted by Gasteiger charge is -2.34. The Bertz CT molecular complexity index is 1050. The number of rotatable bonds is 6. The molecule has 158 valence electrons. The first-order chi connectivity index (χ1) is 15.1. The molecule has 0 saturated carbocycles. The van der Waals surface area contributed by atoms with E-state index in [1.165, 1.54) is 0 Å². The van der Waals surface area contributed by atoms with Gasteiger partial charge in [0.15, 0.2) is 6.10 Å². The van der Waals surface area contributed by atoms with E-state index < -0.39 is 6.10 Å². The van der Waals surface area contributed by atoms with Crippen molar-refractivity contribution in [3.63, 3.8) is 0 Å². The van der Waals surface area contributed by atoms with E-state index in [2.05, 4.69) is 10.6 Å². The summed E-state index contributed by atoms with van der Waals surface area (Å²) in [4.78, 5) is 26.6. The molecule has 3 aromatic carbocycles. The Morgan fingerprint density at radius 3 is 2.39 bits per heavy atom. The van der Waals surface area contributed by atoms with Crippen molar-refractivity contribution in [3.8, 4) is 17.2 Å². The Morgan fingerprint density at radius 2 is 1.65 bits per heavy atom. The highest BCUT2D eigenvalue weighted by atomic mass is 16.5. The second-order valence-corrected chi connectivity index (χ2v) is 7.06. The minimum absolute atomic E-state index is 0.0934. The van der Waals surface area contributed by atoms with Crippen molar-refractivity contribution in [2.24, 2.45) is 0 Å². The van der Waals surface area contributed by atoms with Crippen LogP contribution in [0.3, 0.4) is 0 Å². The largest absolute Gasteiger partial charge is 0.477 e. The van der Waals surface area contributed by atoms with Gasteiger partial charge >= 0.3 is 0 Å². The number of likely N-dealkylation sites (N-methyl/N-ethyl adjacent to an activating group) is 1. The van der Waals surface area contributed by atoms with Gasteiger partial charge in [-0.25, -0.2) is 0 Å². The second-order valence-electron chi connectivity index (χ2n) is 7.06. The van der Waals surface area contributed by atoms with Crippen LogP contribution in [0.25, 0.3) is 0 Å². The lowest BCUT2D eigenvalue weighted by atomic mass is 10.1. The molecule has 0 fully saturated rings. The van der Waals surface area contributed by atoms with Gasteiger partial charge in [0.2, 0.25) is 5.91 Å². The van der Waals surface area contributed by atoms with Crippen LogP contribution in [0.4, 0.5) is 11.4 Å². The molecule has 3 aromatic rings. The van der Waals surface area contributed by atoms with E-state index in [0.717, 1.165) is 11.4 Å². The lowest BCUT2D eigenvalue weighted by molar-refractivity contribution is -0.127. The second kappa shape index (κ2) is 9.21. The van der Waals surface area contributed by atoms with Gasteiger partial charge in [-0.1, -0.05) is 30.3 Å². The van der Waals surface area contributed by atoms with Crippen LogP contribution in [0, 0.1) is 0 Å². The van der Waals surface area contributed by atoms with E-state index >= 15 is 0 Å². The van der Waals surface area contributed by atoms with Gasteiger partial charge in [0.25, 0.3) is 5.91 Å². The van der Waals surface area contributed by atoms with Crippen LogP contribution >= 0.6 is 0 Å². The molecule has 1 aliphatic rings. The predicted octanol–water partition coefficient (Wildman–Crippen LogP) is 3.43. The number of carbonyl (C=O) groups excluding carboxylic acids is 2. The Kier molecular flexibility index (Phi) is 6.03. The van der Waals surface area contributed by atoms with Gasteiger partial charge in [0.1, 0.15) is 17.2 Å². The lowest BCUT2D eigenvalue weighted by Crippen LogP contribution is -2.50. The minimum atomic E-state index is -0.679. The van der Waals surface area contributed by atoms with Gasteiger partial charge in [0.05, 0.1) is 18.8 Å². The number of amides is 2. The zero-order chi connectivity index (χ0) is 21.6. The molecule has 2 N–H and O–H groups in total. The number of hydrogen-bond acceptors (Lipinski definition) is 5. The maximum Gasteiger partial charge on any atom is 0.262 e. The van der Waals surface area contributed by atoms with E-state index in [1.807, 2.05) is 53.4 Å². The molecule has 1 heterocycles. The van der Waals surface area contributed by atoms with Crippen molar-refractivity contribution in [1.29, 1.82) is 0 Å². The number of nitrogens with zero attached hydrogens (tertiary/aromatic N) is 1. The Morgan fingerprint density at radius 1 is 0.968 bits per heavy atom. The van der Waals surface area contributed by atoms with Gasteiger partial charge in [0, 0.05) is 12.7 Å². The molecule has 2 amide bonds. The number of ether oxygens (including phenoxy) is 2. The zero-order valence-electron chi connectivity index (χ0n) is 17.1. The molecule has 7 heteroatoms. The summed E-state index contributed by atoms with van der Waals surface area (Å²) in [5.41, 5.74) is 1.44. The molecule has 0 aliphatic carbocycles. The topological polar surface area (TPSA) is 79.9 Å². The summed E-state index contributed by atoms with van der Waals surface area (Å²) >= 11 is 0. The molecular formula is C24H23N3O4. The zero-order valence-corrected chi connectivity index (χ0v) is 17.1. The van der Waals surface area contributed by atoms with Crippen molar-refractivity contribution in [3.05, 3.63) is 78.9 Å². The summed E-state index contributed by atoms with van der Waals surface area (Å²) in [6.45, 7) is 0.379. The number of carbonyl (C=O) groups is 2. The molecule has 0 saturated heterocycles. The number of nitrogens with one attached hydrogen (secondary N) is 2. The summed E-state index contributed by atoms with van der Waals surface area (Å²) in [5.74, 6) is 1.59. The van der Waals surface area contributed by atoms with E-state index in [0.29, 0.717) is 17.2 Å².